The van der Waals surface area contributed by atoms with Gasteiger partial charge < -0.3 is 21.3 Å². The van der Waals surface area contributed by atoms with Crippen molar-refractivity contribution in [1.82, 2.24) is 24.3 Å². The number of urea groups is 1. The largest absolute Gasteiger partial charge is 0.354 e. The molecule has 5 N–H and O–H groups in total. The topological polar surface area (TPSA) is 143 Å². The normalized spacial score (nSPS) is 23.9. The van der Waals surface area contributed by atoms with Gasteiger partial charge in [0.15, 0.2) is 0 Å². The first-order chi connectivity index (χ1) is 17.6. The predicted molar refractivity (Wildman–Crippen MR) is 140 cm³/mol. The molecule has 1 aromatic carbocycles. The molecule has 2 atom stereocenters. The van der Waals surface area contributed by atoms with E-state index < -0.39 is 11.2 Å². The van der Waals surface area contributed by atoms with E-state index in [4.69, 9.17) is 11.5 Å². The fraction of sp³-hybridized carbons (Fsp3) is 0.538. The lowest BCUT2D eigenvalue weighted by Crippen LogP contribution is -2.52. The van der Waals surface area contributed by atoms with Crippen LogP contribution in [0.2, 0.25) is 0 Å². The van der Waals surface area contributed by atoms with Crippen LogP contribution in [0.15, 0.2) is 41.3 Å². The number of rotatable bonds is 5. The molecule has 0 bridgehead atoms. The summed E-state index contributed by atoms with van der Waals surface area (Å²) in [6.45, 7) is 8.18. The smallest absolute Gasteiger partial charge is 0.339 e. The van der Waals surface area contributed by atoms with Crippen molar-refractivity contribution < 1.29 is 9.59 Å². The van der Waals surface area contributed by atoms with Gasteiger partial charge in [-0.3, -0.25) is 19.6 Å². The second-order valence-electron chi connectivity index (χ2n) is 11.0. The van der Waals surface area contributed by atoms with E-state index in [2.05, 4.69) is 15.2 Å². The van der Waals surface area contributed by atoms with Crippen LogP contribution in [0.5, 0.6) is 0 Å². The molecule has 2 aliphatic heterocycles. The molecule has 3 aliphatic rings. The molecule has 37 heavy (non-hydrogen) atoms. The van der Waals surface area contributed by atoms with Crippen LogP contribution in [0.3, 0.4) is 0 Å². The molecule has 3 fully saturated rings. The molecule has 2 unspecified atom stereocenters. The van der Waals surface area contributed by atoms with Gasteiger partial charge in [-0.25, -0.2) is 9.59 Å². The first-order valence-corrected chi connectivity index (χ1v) is 12.9. The zero-order chi connectivity index (χ0) is 26.3. The van der Waals surface area contributed by atoms with E-state index in [1.54, 1.807) is 35.9 Å². The van der Waals surface area contributed by atoms with E-state index >= 15 is 0 Å². The average molecular weight is 509 g/mol. The molecule has 0 spiro atoms. The van der Waals surface area contributed by atoms with Gasteiger partial charge in [0.25, 0.3) is 0 Å². The van der Waals surface area contributed by atoms with Gasteiger partial charge in [0.2, 0.25) is 5.91 Å². The lowest BCUT2D eigenvalue weighted by atomic mass is 10.1. The minimum absolute atomic E-state index is 0.134. The van der Waals surface area contributed by atoms with Crippen LogP contribution in [0.25, 0.3) is 5.69 Å². The second kappa shape index (κ2) is 9.88. The summed E-state index contributed by atoms with van der Waals surface area (Å²) >= 11 is 0. The number of anilines is 1. The first kappa shape index (κ1) is 25.4. The van der Waals surface area contributed by atoms with Crippen molar-refractivity contribution in [2.75, 3.05) is 44.6 Å². The van der Waals surface area contributed by atoms with E-state index in [0.29, 0.717) is 56.2 Å². The molecule has 5 rings (SSSR count). The van der Waals surface area contributed by atoms with Crippen molar-refractivity contribution in [1.29, 1.82) is 0 Å². The number of aromatic nitrogens is 2. The van der Waals surface area contributed by atoms with Crippen LogP contribution < -0.4 is 22.5 Å². The summed E-state index contributed by atoms with van der Waals surface area (Å²) in [5.74, 6) is 1.37. The summed E-state index contributed by atoms with van der Waals surface area (Å²) in [6.07, 6.45) is 2.26. The first-order valence-electron chi connectivity index (χ1n) is 12.9. The summed E-state index contributed by atoms with van der Waals surface area (Å²) in [5.41, 5.74) is 12.5. The Hall–Kier alpha value is -3.28. The summed E-state index contributed by atoms with van der Waals surface area (Å²) in [5, 5.41) is 2.71. The third kappa shape index (κ3) is 5.53. The molecule has 1 aromatic heterocycles. The Bertz CT molecular complexity index is 1210. The number of hydrogen-bond acceptors (Lipinski definition) is 7. The van der Waals surface area contributed by atoms with Crippen molar-refractivity contribution in [3.8, 4) is 5.69 Å². The predicted octanol–water partition coefficient (Wildman–Crippen LogP) is 0.425. The van der Waals surface area contributed by atoms with Gasteiger partial charge in [-0.05, 0) is 55.9 Å². The van der Waals surface area contributed by atoms with Crippen LogP contribution >= 0.6 is 0 Å². The summed E-state index contributed by atoms with van der Waals surface area (Å²) in [7, 11) is 0. The molecule has 1 aliphatic carbocycles. The monoisotopic (exact) mass is 508 g/mol. The number of nitrogens with zero attached hydrogens (tertiary/aromatic N) is 5. The Labute approximate surface area is 216 Å². The number of likely N-dealkylation sites (tertiary alicyclic amines) is 1. The Balaban J connectivity index is 1.17. The average Bonchev–Trinajstić information content (AvgIpc) is 3.35. The van der Waals surface area contributed by atoms with Crippen LogP contribution in [-0.2, 0) is 11.3 Å². The van der Waals surface area contributed by atoms with E-state index in [1.807, 2.05) is 24.3 Å². The van der Waals surface area contributed by atoms with Crippen molar-refractivity contribution in [3.63, 3.8) is 0 Å². The van der Waals surface area contributed by atoms with Gasteiger partial charge in [-0.15, -0.1) is 0 Å². The standard InChI is InChI=1S/C26H36N8O3/c1-26(2,28)23(35)32-9-3-10-33(13-12-32)24(36)29-21-8-11-34(25(37)30-21)18-6-4-17(5-7-18)14-31-15-19-20(16-31)22(19)27/h4-8,11,19-20,22H,3,9-10,12-16,27-28H2,1-2H3,(H,29,30,36,37). The maximum Gasteiger partial charge on any atom is 0.354 e. The zero-order valence-corrected chi connectivity index (χ0v) is 21.5. The molecule has 3 amide bonds. The van der Waals surface area contributed by atoms with Crippen LogP contribution in [0, 0.1) is 11.8 Å². The Morgan fingerprint density at radius 1 is 1.03 bits per heavy atom. The van der Waals surface area contributed by atoms with E-state index in [0.717, 1.165) is 19.6 Å². The van der Waals surface area contributed by atoms with E-state index in [1.165, 1.54) is 10.1 Å². The number of nitrogens with two attached hydrogens (primary N) is 2. The number of piperidine rings is 1. The number of fused-ring (bicyclic) bond motifs is 1. The van der Waals surface area contributed by atoms with Gasteiger partial charge in [-0.1, -0.05) is 12.1 Å². The maximum atomic E-state index is 12.8. The molecule has 2 aromatic rings. The molecular formula is C26H36N8O3. The second-order valence-corrected chi connectivity index (χ2v) is 11.0. The van der Waals surface area contributed by atoms with Gasteiger partial charge >= 0.3 is 11.7 Å². The lowest BCUT2D eigenvalue weighted by Gasteiger charge is -2.28. The van der Waals surface area contributed by atoms with Gasteiger partial charge in [0, 0.05) is 58.1 Å². The number of hydrogen-bond donors (Lipinski definition) is 3. The van der Waals surface area contributed by atoms with Crippen LogP contribution in [-0.4, -0.2) is 87.0 Å². The minimum atomic E-state index is -0.950. The quantitative estimate of drug-likeness (QED) is 0.531. The third-order valence-corrected chi connectivity index (χ3v) is 7.62. The highest BCUT2D eigenvalue weighted by Crippen LogP contribution is 2.44. The molecule has 11 nitrogen and oxygen atoms in total. The molecule has 2 saturated heterocycles. The molecular weight excluding hydrogens is 472 g/mol. The van der Waals surface area contributed by atoms with Crippen molar-refractivity contribution in [3.05, 3.63) is 52.6 Å². The van der Waals surface area contributed by atoms with Crippen molar-refractivity contribution in [2.45, 2.75) is 38.4 Å². The fourth-order valence-corrected chi connectivity index (χ4v) is 5.40. The van der Waals surface area contributed by atoms with Gasteiger partial charge in [0.1, 0.15) is 5.82 Å². The summed E-state index contributed by atoms with van der Waals surface area (Å²) in [4.78, 5) is 47.8. The number of amides is 3. The minimum Gasteiger partial charge on any atom is -0.339 e. The van der Waals surface area contributed by atoms with E-state index in [-0.39, 0.29) is 17.8 Å². The third-order valence-electron chi connectivity index (χ3n) is 7.62. The summed E-state index contributed by atoms with van der Waals surface area (Å²) < 4.78 is 1.45. The fourth-order valence-electron chi connectivity index (χ4n) is 5.40. The maximum absolute atomic E-state index is 12.8. The molecule has 1 saturated carbocycles. The van der Waals surface area contributed by atoms with Crippen LogP contribution in [0.4, 0.5) is 10.6 Å². The highest BCUT2D eigenvalue weighted by Gasteiger charge is 2.53. The van der Waals surface area contributed by atoms with E-state index in [9.17, 15) is 14.4 Å². The van der Waals surface area contributed by atoms with Gasteiger partial charge in [-0.2, -0.15) is 4.98 Å². The van der Waals surface area contributed by atoms with Gasteiger partial charge in [0.05, 0.1) is 11.2 Å². The number of carbonyl (C=O) groups excluding carboxylic acids is 2. The number of carbonyl (C=O) groups is 2. The SMILES string of the molecule is CC(C)(N)C(=O)N1CCCN(C(=O)Nc2ccn(-c3ccc(CN4CC5C(N)C5C4)cc3)c(=O)n2)CC1. The van der Waals surface area contributed by atoms with Crippen LogP contribution in [0.1, 0.15) is 25.8 Å². The van der Waals surface area contributed by atoms with Crippen molar-refractivity contribution >= 4 is 17.8 Å². The number of benzene rings is 1. The van der Waals surface area contributed by atoms with Crippen molar-refractivity contribution in [2.24, 2.45) is 23.3 Å². The lowest BCUT2D eigenvalue weighted by molar-refractivity contribution is -0.135. The Morgan fingerprint density at radius 3 is 2.32 bits per heavy atom. The zero-order valence-electron chi connectivity index (χ0n) is 21.5. The Morgan fingerprint density at radius 2 is 1.68 bits per heavy atom. The molecule has 3 heterocycles. The molecule has 11 heteroatoms. The number of nitrogens with one attached hydrogen (secondary N) is 1. The molecule has 0 radical (unpaired) electrons. The highest BCUT2D eigenvalue weighted by atomic mass is 16.2. The Kier molecular flexibility index (Phi) is 6.78. The highest BCUT2D eigenvalue weighted by molar-refractivity contribution is 5.88. The summed E-state index contributed by atoms with van der Waals surface area (Å²) in [6, 6.07) is 9.52. The molecule has 198 valence electrons.